The fraction of sp³-hybridized carbons (Fsp3) is 0.222. The van der Waals surface area contributed by atoms with Crippen molar-refractivity contribution >= 4 is 23.6 Å². The number of thioether (sulfide) groups is 1. The van der Waals surface area contributed by atoms with Crippen LogP contribution in [0.25, 0.3) is 11.3 Å². The molecule has 2 heterocycles. The predicted octanol–water partition coefficient (Wildman–Crippen LogP) is 3.49. The third kappa shape index (κ3) is 3.66. The quantitative estimate of drug-likeness (QED) is 0.749. The summed E-state index contributed by atoms with van der Waals surface area (Å²) < 4.78 is 40.5. The summed E-state index contributed by atoms with van der Waals surface area (Å²) in [6, 6.07) is 10.6. The maximum atomic E-state index is 13.5. The Labute approximate surface area is 156 Å². The minimum Gasteiger partial charge on any atom is -0.285 e. The van der Waals surface area contributed by atoms with Gasteiger partial charge >= 0.3 is 6.18 Å². The van der Waals surface area contributed by atoms with Gasteiger partial charge < -0.3 is 0 Å². The Morgan fingerprint density at radius 2 is 1.93 bits per heavy atom. The number of amides is 2. The van der Waals surface area contributed by atoms with Gasteiger partial charge in [-0.2, -0.15) is 18.4 Å². The van der Waals surface area contributed by atoms with E-state index in [0.717, 1.165) is 11.0 Å². The largest absolute Gasteiger partial charge is 0.417 e. The maximum Gasteiger partial charge on any atom is 0.417 e. The first-order valence-corrected chi connectivity index (χ1v) is 8.65. The lowest BCUT2D eigenvalue weighted by molar-refractivity contribution is -0.138. The molecule has 3 rings (SSSR count). The Hall–Kier alpha value is -2.86. The summed E-state index contributed by atoms with van der Waals surface area (Å²) >= 11 is 0.711. The number of likely N-dealkylation sites (tertiary alicyclic amines) is 1. The van der Waals surface area contributed by atoms with Crippen molar-refractivity contribution in [1.29, 1.82) is 5.26 Å². The molecule has 0 bridgehead atoms. The summed E-state index contributed by atoms with van der Waals surface area (Å²) in [5, 5.41) is 8.18. The number of imide groups is 1. The Bertz CT molecular complexity index is 955. The Morgan fingerprint density at radius 3 is 2.44 bits per heavy atom. The van der Waals surface area contributed by atoms with Crippen LogP contribution in [0.4, 0.5) is 13.2 Å². The number of nitriles is 1. The summed E-state index contributed by atoms with van der Waals surface area (Å²) in [5.41, 5.74) is -1.29. The van der Waals surface area contributed by atoms with Crippen molar-refractivity contribution in [2.75, 3.05) is 7.05 Å². The number of carbonyl (C=O) groups is 2. The number of rotatable bonds is 3. The third-order valence-electron chi connectivity index (χ3n) is 4.07. The van der Waals surface area contributed by atoms with E-state index in [-0.39, 0.29) is 17.1 Å². The number of benzene rings is 1. The zero-order valence-electron chi connectivity index (χ0n) is 13.9. The molecule has 2 amide bonds. The fourth-order valence-corrected chi connectivity index (χ4v) is 3.82. The second-order valence-electron chi connectivity index (χ2n) is 5.81. The molecule has 1 saturated heterocycles. The number of pyridine rings is 1. The summed E-state index contributed by atoms with van der Waals surface area (Å²) in [6.45, 7) is 0. The smallest absolute Gasteiger partial charge is 0.285 e. The molecular formula is C18H12F3N3O2S. The van der Waals surface area contributed by atoms with Crippen molar-refractivity contribution in [3.05, 3.63) is 47.5 Å². The van der Waals surface area contributed by atoms with E-state index in [1.165, 1.54) is 7.05 Å². The molecule has 1 fully saturated rings. The monoisotopic (exact) mass is 391 g/mol. The van der Waals surface area contributed by atoms with Crippen LogP contribution >= 0.6 is 11.8 Å². The minimum atomic E-state index is -4.76. The van der Waals surface area contributed by atoms with Gasteiger partial charge in [-0.25, -0.2) is 4.98 Å². The van der Waals surface area contributed by atoms with E-state index in [4.69, 9.17) is 0 Å². The molecule has 0 aliphatic carbocycles. The number of hydrogen-bond donors (Lipinski definition) is 0. The van der Waals surface area contributed by atoms with E-state index in [2.05, 4.69) is 4.98 Å². The number of aromatic nitrogens is 1. The molecular weight excluding hydrogens is 379 g/mol. The average molecular weight is 391 g/mol. The Kier molecular flexibility index (Phi) is 4.93. The van der Waals surface area contributed by atoms with E-state index in [1.54, 1.807) is 36.4 Å². The lowest BCUT2D eigenvalue weighted by Gasteiger charge is -2.15. The van der Waals surface area contributed by atoms with E-state index < -0.39 is 34.4 Å². The molecule has 1 atom stereocenters. The van der Waals surface area contributed by atoms with Gasteiger partial charge in [-0.15, -0.1) is 0 Å². The van der Waals surface area contributed by atoms with Crippen LogP contribution in [0, 0.1) is 11.3 Å². The van der Waals surface area contributed by atoms with Crippen LogP contribution in [0.15, 0.2) is 41.4 Å². The zero-order chi connectivity index (χ0) is 19.8. The molecule has 1 unspecified atom stereocenters. The van der Waals surface area contributed by atoms with Crippen LogP contribution in [0.2, 0.25) is 0 Å². The van der Waals surface area contributed by atoms with Crippen LogP contribution in [-0.2, 0) is 15.8 Å². The Morgan fingerprint density at radius 1 is 1.26 bits per heavy atom. The number of nitrogens with zero attached hydrogens (tertiary/aromatic N) is 3. The van der Waals surface area contributed by atoms with Crippen molar-refractivity contribution in [2.45, 2.75) is 22.9 Å². The van der Waals surface area contributed by atoms with Crippen molar-refractivity contribution in [3.63, 3.8) is 0 Å². The molecule has 0 saturated carbocycles. The second-order valence-corrected chi connectivity index (χ2v) is 7.00. The minimum absolute atomic E-state index is 0.0366. The van der Waals surface area contributed by atoms with E-state index in [1.807, 2.05) is 0 Å². The van der Waals surface area contributed by atoms with Gasteiger partial charge in [0.25, 0.3) is 0 Å². The summed E-state index contributed by atoms with van der Waals surface area (Å²) in [7, 11) is 1.31. The van der Waals surface area contributed by atoms with E-state index in [9.17, 15) is 28.0 Å². The van der Waals surface area contributed by atoms with Crippen LogP contribution in [-0.4, -0.2) is 34.0 Å². The van der Waals surface area contributed by atoms with Crippen LogP contribution in [0.3, 0.4) is 0 Å². The second kappa shape index (κ2) is 7.04. The van der Waals surface area contributed by atoms with Gasteiger partial charge in [0.2, 0.25) is 11.8 Å². The summed E-state index contributed by atoms with van der Waals surface area (Å²) in [5.74, 6) is -0.944. The highest BCUT2D eigenvalue weighted by atomic mass is 32.2. The lowest BCUT2D eigenvalue weighted by atomic mass is 10.1. The van der Waals surface area contributed by atoms with E-state index >= 15 is 0 Å². The average Bonchev–Trinajstić information content (AvgIpc) is 2.88. The van der Waals surface area contributed by atoms with Crippen molar-refractivity contribution < 1.29 is 22.8 Å². The first-order chi connectivity index (χ1) is 12.7. The molecule has 2 aromatic rings. The van der Waals surface area contributed by atoms with Crippen molar-refractivity contribution in [1.82, 2.24) is 9.88 Å². The van der Waals surface area contributed by atoms with Gasteiger partial charge in [0, 0.05) is 19.0 Å². The molecule has 0 N–H and O–H groups in total. The molecule has 1 aromatic heterocycles. The molecule has 0 radical (unpaired) electrons. The van der Waals surface area contributed by atoms with Gasteiger partial charge in [-0.3, -0.25) is 14.5 Å². The molecule has 9 heteroatoms. The molecule has 1 aliphatic rings. The van der Waals surface area contributed by atoms with Gasteiger partial charge in [0.05, 0.1) is 22.1 Å². The van der Waals surface area contributed by atoms with Crippen LogP contribution in [0.5, 0.6) is 0 Å². The molecule has 1 aromatic carbocycles. The fourth-order valence-electron chi connectivity index (χ4n) is 2.64. The lowest BCUT2D eigenvalue weighted by Crippen LogP contribution is -2.26. The highest BCUT2D eigenvalue weighted by Crippen LogP contribution is 2.40. The highest BCUT2D eigenvalue weighted by molar-refractivity contribution is 8.00. The number of halogens is 3. The zero-order valence-corrected chi connectivity index (χ0v) is 14.8. The van der Waals surface area contributed by atoms with Gasteiger partial charge in [0.15, 0.2) is 0 Å². The number of carbonyl (C=O) groups excluding carboxylic acids is 2. The molecule has 1 aliphatic heterocycles. The van der Waals surface area contributed by atoms with E-state index in [0.29, 0.717) is 17.3 Å². The maximum absolute atomic E-state index is 13.5. The normalized spacial score (nSPS) is 17.3. The highest BCUT2D eigenvalue weighted by Gasteiger charge is 2.40. The van der Waals surface area contributed by atoms with Crippen molar-refractivity contribution in [3.8, 4) is 17.3 Å². The molecule has 27 heavy (non-hydrogen) atoms. The molecule has 0 spiro atoms. The standard InChI is InChI=1S/C18H12F3N3O2S/c1-24-15(25)8-14(17(24)26)27-16-11(9-22)12(18(19,20)21)7-13(23-16)10-5-3-2-4-6-10/h2-7,14H,8H2,1H3. The summed E-state index contributed by atoms with van der Waals surface area (Å²) in [4.78, 5) is 28.9. The first kappa shape index (κ1) is 18.9. The van der Waals surface area contributed by atoms with Gasteiger partial charge in [-0.1, -0.05) is 42.1 Å². The van der Waals surface area contributed by atoms with Gasteiger partial charge in [0.1, 0.15) is 11.1 Å². The summed E-state index contributed by atoms with van der Waals surface area (Å²) in [6.07, 6.45) is -4.91. The number of alkyl halides is 3. The van der Waals surface area contributed by atoms with Gasteiger partial charge in [-0.05, 0) is 6.07 Å². The topological polar surface area (TPSA) is 74.1 Å². The first-order valence-electron chi connectivity index (χ1n) is 7.77. The van der Waals surface area contributed by atoms with Crippen molar-refractivity contribution in [2.24, 2.45) is 0 Å². The van der Waals surface area contributed by atoms with Crippen LogP contribution in [0.1, 0.15) is 17.5 Å². The molecule has 5 nitrogen and oxygen atoms in total. The molecule has 138 valence electrons. The van der Waals surface area contributed by atoms with Crippen LogP contribution < -0.4 is 0 Å². The third-order valence-corrected chi connectivity index (χ3v) is 5.24. The SMILES string of the molecule is CN1C(=O)CC(Sc2nc(-c3ccccc3)cc(C(F)(F)F)c2C#N)C1=O. The Balaban J connectivity index is 2.13. The number of hydrogen-bond acceptors (Lipinski definition) is 5. The predicted molar refractivity (Wildman–Crippen MR) is 91.4 cm³/mol.